The average Bonchev–Trinajstić information content (AvgIpc) is 3.22. The highest BCUT2D eigenvalue weighted by Crippen LogP contribution is 2.32. The third kappa shape index (κ3) is 2.85. The minimum atomic E-state index is -0.104. The number of amides is 1. The van der Waals surface area contributed by atoms with Gasteiger partial charge in [0, 0.05) is 37.1 Å². The molecular weight excluding hydrogens is 344 g/mol. The van der Waals surface area contributed by atoms with Crippen molar-refractivity contribution >= 4 is 11.6 Å². The first-order valence-corrected chi connectivity index (χ1v) is 9.27. The number of hydrogen-bond acceptors (Lipinski definition) is 4. The van der Waals surface area contributed by atoms with Gasteiger partial charge in [-0.1, -0.05) is 0 Å². The van der Waals surface area contributed by atoms with Crippen LogP contribution in [0.25, 0.3) is 5.65 Å². The van der Waals surface area contributed by atoms with E-state index in [1.54, 1.807) is 17.8 Å². The van der Waals surface area contributed by atoms with E-state index in [1.165, 1.54) is 4.52 Å². The second kappa shape index (κ2) is 6.37. The van der Waals surface area contributed by atoms with Crippen LogP contribution in [0, 0.1) is 20.8 Å². The van der Waals surface area contributed by atoms with Crippen LogP contribution in [0.15, 0.2) is 17.1 Å². The van der Waals surface area contributed by atoms with Crippen LogP contribution in [0.2, 0.25) is 0 Å². The van der Waals surface area contributed by atoms with Gasteiger partial charge in [0.1, 0.15) is 0 Å². The molecule has 27 heavy (non-hydrogen) atoms. The summed E-state index contributed by atoms with van der Waals surface area (Å²) in [6.45, 7) is 6.15. The topological polar surface area (TPSA) is 88.3 Å². The fourth-order valence-electron chi connectivity index (χ4n) is 3.87. The predicted molar refractivity (Wildman–Crippen MR) is 101 cm³/mol. The molecule has 0 unspecified atom stereocenters. The largest absolute Gasteiger partial charge is 0.330 e. The molecule has 0 saturated carbocycles. The molecule has 4 heterocycles. The van der Waals surface area contributed by atoms with Crippen LogP contribution in [0.1, 0.15) is 58.3 Å². The maximum absolute atomic E-state index is 13.2. The fourth-order valence-corrected chi connectivity index (χ4v) is 3.87. The minimum absolute atomic E-state index is 0.0170. The van der Waals surface area contributed by atoms with Gasteiger partial charge in [-0.25, -0.2) is 9.50 Å². The van der Waals surface area contributed by atoms with E-state index in [1.807, 2.05) is 31.9 Å². The Morgan fingerprint density at radius 1 is 1.22 bits per heavy atom. The Morgan fingerprint density at radius 3 is 2.70 bits per heavy atom. The first kappa shape index (κ1) is 17.5. The zero-order valence-electron chi connectivity index (χ0n) is 16.1. The number of rotatable bonds is 2. The van der Waals surface area contributed by atoms with E-state index in [-0.39, 0.29) is 17.5 Å². The number of nitrogens with zero attached hydrogens (tertiary/aromatic N) is 5. The molecule has 1 N–H and O–H groups in total. The van der Waals surface area contributed by atoms with Gasteiger partial charge in [-0.05, 0) is 40.0 Å². The van der Waals surface area contributed by atoms with Crippen LogP contribution in [-0.4, -0.2) is 41.7 Å². The predicted octanol–water partition coefficient (Wildman–Crippen LogP) is 2.05. The summed E-state index contributed by atoms with van der Waals surface area (Å²) < 4.78 is 3.14. The number of aryl methyl sites for hydroxylation is 3. The van der Waals surface area contributed by atoms with Crippen LogP contribution in [0.5, 0.6) is 0 Å². The zero-order valence-corrected chi connectivity index (χ0v) is 16.1. The van der Waals surface area contributed by atoms with Gasteiger partial charge < -0.3 is 4.90 Å². The zero-order chi connectivity index (χ0) is 19.3. The van der Waals surface area contributed by atoms with Crippen LogP contribution in [0.4, 0.5) is 0 Å². The summed E-state index contributed by atoms with van der Waals surface area (Å²) in [5.74, 6) is -0.0170. The van der Waals surface area contributed by atoms with Crippen molar-refractivity contribution < 1.29 is 4.79 Å². The highest BCUT2D eigenvalue weighted by atomic mass is 16.2. The van der Waals surface area contributed by atoms with Gasteiger partial charge in [-0.3, -0.25) is 19.4 Å². The lowest BCUT2D eigenvalue weighted by Crippen LogP contribution is -2.39. The van der Waals surface area contributed by atoms with Crippen LogP contribution >= 0.6 is 0 Å². The average molecular weight is 368 g/mol. The van der Waals surface area contributed by atoms with E-state index in [0.717, 1.165) is 36.3 Å². The molecule has 3 aromatic heterocycles. The third-order valence-electron chi connectivity index (χ3n) is 5.47. The monoisotopic (exact) mass is 368 g/mol. The summed E-state index contributed by atoms with van der Waals surface area (Å²) in [6.07, 6.45) is 4.63. The number of piperidine rings is 1. The molecule has 3 aromatic rings. The Kier molecular flexibility index (Phi) is 4.13. The summed E-state index contributed by atoms with van der Waals surface area (Å²) in [5.41, 5.74) is 4.06. The number of nitrogens with one attached hydrogen (secondary N) is 1. The van der Waals surface area contributed by atoms with Gasteiger partial charge in [0.05, 0.1) is 23.0 Å². The Bertz CT molecular complexity index is 1090. The van der Waals surface area contributed by atoms with Gasteiger partial charge in [-0.15, -0.1) is 0 Å². The summed E-state index contributed by atoms with van der Waals surface area (Å²) >= 11 is 0. The molecule has 1 aliphatic rings. The van der Waals surface area contributed by atoms with E-state index in [9.17, 15) is 9.59 Å². The van der Waals surface area contributed by atoms with Gasteiger partial charge >= 0.3 is 0 Å². The molecule has 0 bridgehead atoms. The molecule has 1 aliphatic heterocycles. The molecule has 142 valence electrons. The summed E-state index contributed by atoms with van der Waals surface area (Å²) in [5, 5.41) is 7.48. The summed E-state index contributed by atoms with van der Waals surface area (Å²) in [6, 6.07) is 1.78. The quantitative estimate of drug-likeness (QED) is 0.750. The molecule has 1 amide bonds. The molecule has 8 nitrogen and oxygen atoms in total. The van der Waals surface area contributed by atoms with Crippen molar-refractivity contribution in [2.24, 2.45) is 7.05 Å². The Labute approximate surface area is 156 Å². The molecule has 1 saturated heterocycles. The van der Waals surface area contributed by atoms with Crippen molar-refractivity contribution in [2.45, 2.75) is 46.1 Å². The second-order valence-corrected chi connectivity index (χ2v) is 7.34. The number of fused-ring (bicyclic) bond motifs is 1. The molecule has 0 aliphatic carbocycles. The van der Waals surface area contributed by atoms with Crippen molar-refractivity contribution in [3.8, 4) is 0 Å². The molecule has 0 spiro atoms. The number of likely N-dealkylation sites (tertiary alicyclic amines) is 1. The van der Waals surface area contributed by atoms with Gasteiger partial charge in [0.25, 0.3) is 11.5 Å². The van der Waals surface area contributed by atoms with Gasteiger partial charge in [0.2, 0.25) is 0 Å². The number of H-pyrrole nitrogens is 1. The van der Waals surface area contributed by atoms with Crippen molar-refractivity contribution in [1.29, 1.82) is 0 Å². The third-order valence-corrected chi connectivity index (χ3v) is 5.47. The molecule has 0 radical (unpaired) electrons. The number of aromatic nitrogens is 5. The van der Waals surface area contributed by atoms with Crippen molar-refractivity contribution in [1.82, 2.24) is 29.3 Å². The first-order valence-electron chi connectivity index (χ1n) is 9.27. The molecule has 0 aromatic carbocycles. The molecule has 8 heteroatoms. The Hall–Kier alpha value is -2.90. The maximum atomic E-state index is 13.2. The molecule has 1 fully saturated rings. The van der Waals surface area contributed by atoms with Gasteiger partial charge in [-0.2, -0.15) is 5.10 Å². The van der Waals surface area contributed by atoms with Crippen molar-refractivity contribution in [3.63, 3.8) is 0 Å². The van der Waals surface area contributed by atoms with Crippen molar-refractivity contribution in [3.05, 3.63) is 50.8 Å². The summed E-state index contributed by atoms with van der Waals surface area (Å²) in [7, 11) is 1.82. The van der Waals surface area contributed by atoms with E-state index < -0.39 is 0 Å². The second-order valence-electron chi connectivity index (χ2n) is 7.34. The highest BCUT2D eigenvalue weighted by molar-refractivity contribution is 5.95. The highest BCUT2D eigenvalue weighted by Gasteiger charge is 2.31. The van der Waals surface area contributed by atoms with Crippen molar-refractivity contribution in [2.75, 3.05) is 6.54 Å². The van der Waals surface area contributed by atoms with E-state index in [4.69, 9.17) is 0 Å². The lowest BCUT2D eigenvalue weighted by Gasteiger charge is -2.35. The molecular formula is C19H24N6O2. The van der Waals surface area contributed by atoms with E-state index in [0.29, 0.717) is 23.3 Å². The smallest absolute Gasteiger partial charge is 0.275 e. The Balaban J connectivity index is 1.76. The lowest BCUT2D eigenvalue weighted by molar-refractivity contribution is 0.0605. The number of carbonyl (C=O) groups excluding carboxylic acids is 1. The Morgan fingerprint density at radius 2 is 2.00 bits per heavy atom. The van der Waals surface area contributed by atoms with Crippen LogP contribution < -0.4 is 5.56 Å². The van der Waals surface area contributed by atoms with E-state index >= 15 is 0 Å². The minimum Gasteiger partial charge on any atom is -0.330 e. The number of hydrogen-bond donors (Lipinski definition) is 1. The first-order chi connectivity index (χ1) is 12.9. The number of carbonyl (C=O) groups is 1. The molecule has 4 rings (SSSR count). The summed E-state index contributed by atoms with van der Waals surface area (Å²) in [4.78, 5) is 32.1. The maximum Gasteiger partial charge on any atom is 0.275 e. The van der Waals surface area contributed by atoms with Crippen LogP contribution in [0.3, 0.4) is 0 Å². The number of aromatic amines is 1. The van der Waals surface area contributed by atoms with Gasteiger partial charge in [0.15, 0.2) is 5.65 Å². The SMILES string of the molecule is Cc1nn(C)cc1C(=O)N1CCCC[C@H]1c1cc2nc(C)c(C)c(=O)n2[nH]1. The van der Waals surface area contributed by atoms with E-state index in [2.05, 4.69) is 15.2 Å². The normalized spacial score (nSPS) is 17.6. The van der Waals surface area contributed by atoms with Crippen LogP contribution in [-0.2, 0) is 7.05 Å². The molecule has 1 atom stereocenters. The fraction of sp³-hybridized carbons (Fsp3) is 0.474. The standard InChI is InChI=1S/C19H24N6O2/c1-11-12(2)20-17-9-15(22-25(17)18(11)26)16-7-5-6-8-24(16)19(27)14-10-23(4)21-13(14)3/h9-10,16,22H,5-8H2,1-4H3/t16-/m0/s1. The lowest BCUT2D eigenvalue weighted by atomic mass is 9.98.